The molecule has 0 aliphatic carbocycles. The van der Waals surface area contributed by atoms with Crippen LogP contribution in [0.3, 0.4) is 0 Å². The van der Waals surface area contributed by atoms with Crippen LogP contribution < -0.4 is 0 Å². The molecule has 0 aromatic carbocycles. The molecule has 0 N–H and O–H groups in total. The third kappa shape index (κ3) is 5.37. The normalized spacial score (nSPS) is 14.5. The summed E-state index contributed by atoms with van der Waals surface area (Å²) in [5.41, 5.74) is 1.14. The van der Waals surface area contributed by atoms with Gasteiger partial charge in [-0.15, -0.1) is 11.6 Å². The van der Waals surface area contributed by atoms with Crippen LogP contribution in [-0.4, -0.2) is 25.5 Å². The Morgan fingerprint density at radius 1 is 1.47 bits per heavy atom. The lowest BCUT2D eigenvalue weighted by Crippen LogP contribution is -2.21. The zero-order chi connectivity index (χ0) is 14.5. The number of aromatic nitrogens is 1. The van der Waals surface area contributed by atoms with Crippen LogP contribution in [0.15, 0.2) is 22.9 Å². The van der Waals surface area contributed by atoms with Crippen molar-refractivity contribution in [2.75, 3.05) is 5.88 Å². The van der Waals surface area contributed by atoms with E-state index in [2.05, 4.69) is 9.38 Å². The molecule has 0 aliphatic rings. The first-order valence-electron chi connectivity index (χ1n) is 6.01. The molecule has 0 bridgehead atoms. The molecule has 1 atom stereocenters. The molecule has 0 spiro atoms. The quantitative estimate of drug-likeness (QED) is 0.617. The van der Waals surface area contributed by atoms with Crippen LogP contribution in [0.1, 0.15) is 39.2 Å². The monoisotopic (exact) mass is 304 g/mol. The highest BCUT2D eigenvalue weighted by molar-refractivity contribution is 7.85. The lowest BCUT2D eigenvalue weighted by atomic mass is 10.1. The number of rotatable bonds is 5. The van der Waals surface area contributed by atoms with Crippen molar-refractivity contribution < 1.29 is 8.60 Å². The molecule has 0 aliphatic heterocycles. The number of hydrogen-bond donors (Lipinski definition) is 0. The summed E-state index contributed by atoms with van der Waals surface area (Å²) in [7, 11) is -1.38. The molecule has 0 saturated heterocycles. The average molecular weight is 305 g/mol. The molecule has 19 heavy (non-hydrogen) atoms. The van der Waals surface area contributed by atoms with E-state index < -0.39 is 21.5 Å². The predicted octanol–water partition coefficient (Wildman–Crippen LogP) is 3.49. The van der Waals surface area contributed by atoms with Crippen molar-refractivity contribution in [3.05, 3.63) is 29.8 Å². The zero-order valence-electron chi connectivity index (χ0n) is 11.3. The first-order chi connectivity index (χ1) is 8.84. The van der Waals surface area contributed by atoms with Crippen LogP contribution in [0.4, 0.5) is 4.39 Å². The molecule has 1 heterocycles. The molecule has 0 radical (unpaired) electrons. The van der Waals surface area contributed by atoms with Crippen molar-refractivity contribution in [3.63, 3.8) is 0 Å². The third-order valence-electron chi connectivity index (χ3n) is 2.30. The summed E-state index contributed by atoms with van der Waals surface area (Å²) >= 11 is 5.67. The van der Waals surface area contributed by atoms with E-state index in [1.807, 2.05) is 20.8 Å². The van der Waals surface area contributed by atoms with E-state index in [4.69, 9.17) is 11.6 Å². The van der Waals surface area contributed by atoms with E-state index in [1.54, 1.807) is 0 Å². The molecule has 0 fully saturated rings. The Hall–Kier alpha value is -0.810. The fourth-order valence-corrected chi connectivity index (χ4v) is 2.09. The minimum absolute atomic E-state index is 0.433. The minimum Gasteiger partial charge on any atom is -0.261 e. The van der Waals surface area contributed by atoms with Gasteiger partial charge in [0.15, 0.2) is 0 Å². The van der Waals surface area contributed by atoms with Crippen LogP contribution in [-0.2, 0) is 11.0 Å². The van der Waals surface area contributed by atoms with E-state index in [0.29, 0.717) is 30.0 Å². The van der Waals surface area contributed by atoms with Crippen molar-refractivity contribution in [2.45, 2.75) is 38.4 Å². The third-order valence-corrected chi connectivity index (χ3v) is 4.00. The standard InChI is InChI=1S/C13H18ClFN2OS/c1-13(2,3)19(18)17-12(5-4-6-14)10-7-11(15)9-16-8-10/h7-9H,4-6H2,1-3H3/b17-12-/t19-/m0/s1. The van der Waals surface area contributed by atoms with Crippen LogP contribution in [0.5, 0.6) is 0 Å². The summed E-state index contributed by atoms with van der Waals surface area (Å²) in [4.78, 5) is 3.79. The van der Waals surface area contributed by atoms with Crippen molar-refractivity contribution in [3.8, 4) is 0 Å². The first-order valence-corrected chi connectivity index (χ1v) is 7.65. The van der Waals surface area contributed by atoms with Gasteiger partial charge in [0, 0.05) is 17.6 Å². The van der Waals surface area contributed by atoms with Gasteiger partial charge in [-0.1, -0.05) is 0 Å². The molecule has 1 aromatic rings. The van der Waals surface area contributed by atoms with Gasteiger partial charge in [-0.05, 0) is 39.7 Å². The molecular formula is C13H18ClFN2OS. The van der Waals surface area contributed by atoms with Crippen LogP contribution in [0, 0.1) is 5.82 Å². The fourth-order valence-electron chi connectivity index (χ4n) is 1.28. The predicted molar refractivity (Wildman–Crippen MR) is 78.6 cm³/mol. The molecule has 3 nitrogen and oxygen atoms in total. The molecule has 106 valence electrons. The summed E-state index contributed by atoms with van der Waals surface area (Å²) < 4.78 is 29.0. The topological polar surface area (TPSA) is 42.3 Å². The van der Waals surface area contributed by atoms with E-state index >= 15 is 0 Å². The molecule has 1 rings (SSSR count). The lowest BCUT2D eigenvalue weighted by Gasteiger charge is -2.15. The van der Waals surface area contributed by atoms with Crippen LogP contribution in [0.25, 0.3) is 0 Å². The lowest BCUT2D eigenvalue weighted by molar-refractivity contribution is 0.621. The molecule has 0 saturated carbocycles. The Labute approximate surface area is 120 Å². The number of alkyl halides is 1. The van der Waals surface area contributed by atoms with Crippen LogP contribution >= 0.6 is 11.6 Å². The Morgan fingerprint density at radius 3 is 2.68 bits per heavy atom. The average Bonchev–Trinajstić information content (AvgIpc) is 2.33. The van der Waals surface area contributed by atoms with Gasteiger partial charge in [-0.3, -0.25) is 4.98 Å². The Kier molecular flexibility index (Phi) is 6.07. The summed E-state index contributed by atoms with van der Waals surface area (Å²) in [5, 5.41) is 0. The highest BCUT2D eigenvalue weighted by Crippen LogP contribution is 2.16. The smallest absolute Gasteiger partial charge is 0.145 e. The second-order valence-electron chi connectivity index (χ2n) is 5.08. The van der Waals surface area contributed by atoms with Gasteiger partial charge in [0.05, 0.1) is 16.7 Å². The number of nitrogens with zero attached hydrogens (tertiary/aromatic N) is 2. The van der Waals surface area contributed by atoms with Crippen LogP contribution in [0.2, 0.25) is 0 Å². The highest BCUT2D eigenvalue weighted by Gasteiger charge is 2.20. The molecule has 6 heteroatoms. The second-order valence-corrected chi connectivity index (χ2v) is 7.37. The highest BCUT2D eigenvalue weighted by atomic mass is 35.5. The van der Waals surface area contributed by atoms with Crippen molar-refractivity contribution in [2.24, 2.45) is 4.40 Å². The zero-order valence-corrected chi connectivity index (χ0v) is 12.9. The van der Waals surface area contributed by atoms with Gasteiger partial charge in [0.25, 0.3) is 0 Å². The number of hydrogen-bond acceptors (Lipinski definition) is 2. The molecule has 0 unspecified atom stereocenters. The maximum atomic E-state index is 13.2. The minimum atomic E-state index is -1.38. The summed E-state index contributed by atoms with van der Waals surface area (Å²) in [6.45, 7) is 5.53. The van der Waals surface area contributed by atoms with Gasteiger partial charge < -0.3 is 0 Å². The van der Waals surface area contributed by atoms with E-state index in [-0.39, 0.29) is 0 Å². The molecule has 0 amide bonds. The molecule has 1 aromatic heterocycles. The summed E-state index contributed by atoms with van der Waals surface area (Å²) in [6.07, 6.45) is 3.90. The SMILES string of the molecule is CC(C)(C)[S@](=O)/N=C(/CCCCl)c1cncc(F)c1. The fraction of sp³-hybridized carbons (Fsp3) is 0.538. The first kappa shape index (κ1) is 16.2. The summed E-state index contributed by atoms with van der Waals surface area (Å²) in [6, 6.07) is 1.35. The van der Waals surface area contributed by atoms with E-state index in [1.165, 1.54) is 12.3 Å². The van der Waals surface area contributed by atoms with E-state index in [9.17, 15) is 8.60 Å². The van der Waals surface area contributed by atoms with Crippen molar-refractivity contribution in [1.29, 1.82) is 0 Å². The van der Waals surface area contributed by atoms with Gasteiger partial charge in [-0.2, -0.15) is 4.40 Å². The van der Waals surface area contributed by atoms with Crippen molar-refractivity contribution in [1.82, 2.24) is 4.98 Å². The van der Waals surface area contributed by atoms with Gasteiger partial charge in [0.2, 0.25) is 0 Å². The Balaban J connectivity index is 3.08. The molecular weight excluding hydrogens is 287 g/mol. The van der Waals surface area contributed by atoms with E-state index in [0.717, 1.165) is 6.20 Å². The Bertz CT molecular complexity index is 486. The van der Waals surface area contributed by atoms with Gasteiger partial charge >= 0.3 is 0 Å². The number of pyridine rings is 1. The largest absolute Gasteiger partial charge is 0.261 e. The summed E-state index contributed by atoms with van der Waals surface area (Å²) in [5.74, 6) is 0.0433. The van der Waals surface area contributed by atoms with Crippen molar-refractivity contribution >= 4 is 28.3 Å². The second kappa shape index (κ2) is 7.10. The number of halogens is 2. The Morgan fingerprint density at radius 2 is 2.16 bits per heavy atom. The van der Waals surface area contributed by atoms with Gasteiger partial charge in [-0.25, -0.2) is 8.60 Å². The van der Waals surface area contributed by atoms with Gasteiger partial charge in [0.1, 0.15) is 16.8 Å². The maximum absolute atomic E-state index is 13.2. The maximum Gasteiger partial charge on any atom is 0.145 e.